The van der Waals surface area contributed by atoms with Crippen LogP contribution >= 0.6 is 27.5 Å². The summed E-state index contributed by atoms with van der Waals surface area (Å²) in [6.07, 6.45) is 1.63. The molecular formula is C12H11BrClN3. The Balaban J connectivity index is 2.28. The lowest BCUT2D eigenvalue weighted by molar-refractivity contribution is 1.26. The average Bonchev–Trinajstić information content (AvgIpc) is 2.27. The fraction of sp³-hybridized carbons (Fsp3) is 0.0833. The molecule has 17 heavy (non-hydrogen) atoms. The number of pyridine rings is 1. The number of nitrogens with one attached hydrogen (secondary N) is 1. The third-order valence-corrected chi connectivity index (χ3v) is 3.50. The van der Waals surface area contributed by atoms with Crippen LogP contribution in [-0.4, -0.2) is 4.98 Å². The van der Waals surface area contributed by atoms with E-state index in [-0.39, 0.29) is 0 Å². The van der Waals surface area contributed by atoms with Gasteiger partial charge in [-0.15, -0.1) is 0 Å². The monoisotopic (exact) mass is 311 g/mol. The number of hydrogen-bond acceptors (Lipinski definition) is 3. The summed E-state index contributed by atoms with van der Waals surface area (Å²) in [5.74, 6) is 0.786. The van der Waals surface area contributed by atoms with Crippen LogP contribution in [0.25, 0.3) is 0 Å². The van der Waals surface area contributed by atoms with Gasteiger partial charge in [0.05, 0.1) is 16.9 Å². The van der Waals surface area contributed by atoms with Gasteiger partial charge in [-0.2, -0.15) is 0 Å². The highest BCUT2D eigenvalue weighted by Crippen LogP contribution is 2.27. The van der Waals surface area contributed by atoms with Crippen molar-refractivity contribution in [2.45, 2.75) is 6.92 Å². The second-order valence-corrected chi connectivity index (χ2v) is 4.95. The topological polar surface area (TPSA) is 50.9 Å². The van der Waals surface area contributed by atoms with E-state index in [0.29, 0.717) is 10.7 Å². The molecule has 0 radical (unpaired) electrons. The summed E-state index contributed by atoms with van der Waals surface area (Å²) < 4.78 is 0.845. The zero-order chi connectivity index (χ0) is 12.4. The molecule has 1 aromatic heterocycles. The lowest BCUT2D eigenvalue weighted by Crippen LogP contribution is -1.98. The molecule has 2 rings (SSSR count). The van der Waals surface area contributed by atoms with Gasteiger partial charge in [-0.05, 0) is 52.7 Å². The first-order valence-corrected chi connectivity index (χ1v) is 6.17. The van der Waals surface area contributed by atoms with Crippen LogP contribution in [0.2, 0.25) is 5.02 Å². The molecule has 0 aliphatic rings. The van der Waals surface area contributed by atoms with Crippen molar-refractivity contribution in [1.82, 2.24) is 4.98 Å². The van der Waals surface area contributed by atoms with Gasteiger partial charge in [-0.3, -0.25) is 0 Å². The summed E-state index contributed by atoms with van der Waals surface area (Å²) in [6.45, 7) is 1.96. The third kappa shape index (κ3) is 2.90. The summed E-state index contributed by atoms with van der Waals surface area (Å²) in [4.78, 5) is 4.24. The molecule has 0 aliphatic carbocycles. The number of benzene rings is 1. The molecule has 0 saturated carbocycles. The SMILES string of the molecule is Cc1cc(N)cnc1Nc1ccc(Cl)c(Br)c1. The van der Waals surface area contributed by atoms with E-state index in [4.69, 9.17) is 17.3 Å². The largest absolute Gasteiger partial charge is 0.397 e. The van der Waals surface area contributed by atoms with Crippen LogP contribution < -0.4 is 11.1 Å². The first-order chi connectivity index (χ1) is 8.06. The Hall–Kier alpha value is -1.26. The van der Waals surface area contributed by atoms with Crippen molar-refractivity contribution in [3.63, 3.8) is 0 Å². The van der Waals surface area contributed by atoms with Crippen molar-refractivity contribution in [1.29, 1.82) is 0 Å². The number of nitrogens with zero attached hydrogens (tertiary/aromatic N) is 1. The average molecular weight is 313 g/mol. The molecule has 5 heteroatoms. The van der Waals surface area contributed by atoms with Gasteiger partial charge in [0.15, 0.2) is 0 Å². The second-order valence-electron chi connectivity index (χ2n) is 3.69. The van der Waals surface area contributed by atoms with Crippen LogP contribution in [0.1, 0.15) is 5.56 Å². The van der Waals surface area contributed by atoms with Crippen LogP contribution in [-0.2, 0) is 0 Å². The van der Waals surface area contributed by atoms with Crippen LogP contribution in [0.3, 0.4) is 0 Å². The van der Waals surface area contributed by atoms with Gasteiger partial charge in [-0.1, -0.05) is 11.6 Å². The van der Waals surface area contributed by atoms with Crippen LogP contribution in [0.4, 0.5) is 17.2 Å². The van der Waals surface area contributed by atoms with E-state index in [1.807, 2.05) is 31.2 Å². The fourth-order valence-corrected chi connectivity index (χ4v) is 1.93. The van der Waals surface area contributed by atoms with Crippen LogP contribution in [0, 0.1) is 6.92 Å². The molecule has 0 amide bonds. The molecule has 0 unspecified atom stereocenters. The molecule has 1 aromatic carbocycles. The van der Waals surface area contributed by atoms with E-state index in [9.17, 15) is 0 Å². The number of hydrogen-bond donors (Lipinski definition) is 2. The molecule has 0 aliphatic heterocycles. The zero-order valence-electron chi connectivity index (χ0n) is 9.17. The highest BCUT2D eigenvalue weighted by Gasteiger charge is 2.03. The first-order valence-electron chi connectivity index (χ1n) is 5.00. The summed E-state index contributed by atoms with van der Waals surface area (Å²) >= 11 is 9.31. The smallest absolute Gasteiger partial charge is 0.133 e. The molecule has 3 nitrogen and oxygen atoms in total. The van der Waals surface area contributed by atoms with Gasteiger partial charge in [0.2, 0.25) is 0 Å². The summed E-state index contributed by atoms with van der Waals surface area (Å²) in [7, 11) is 0. The molecule has 1 heterocycles. The van der Waals surface area contributed by atoms with E-state index in [1.165, 1.54) is 0 Å². The molecule has 0 atom stereocenters. The third-order valence-electron chi connectivity index (χ3n) is 2.28. The normalized spacial score (nSPS) is 10.3. The number of anilines is 3. The zero-order valence-corrected chi connectivity index (χ0v) is 11.5. The Bertz CT molecular complexity index is 557. The minimum atomic E-state index is 0.658. The van der Waals surface area contributed by atoms with E-state index < -0.39 is 0 Å². The minimum Gasteiger partial charge on any atom is -0.397 e. The summed E-state index contributed by atoms with van der Waals surface area (Å²) in [5, 5.41) is 3.89. The van der Waals surface area contributed by atoms with Crippen molar-refractivity contribution in [3.05, 3.63) is 45.5 Å². The quantitative estimate of drug-likeness (QED) is 0.876. The van der Waals surface area contributed by atoms with E-state index in [0.717, 1.165) is 21.5 Å². The standard InChI is InChI=1S/C12H11BrClN3/c1-7-4-8(15)6-16-12(7)17-9-2-3-11(14)10(13)5-9/h2-6H,15H2,1H3,(H,16,17). The highest BCUT2D eigenvalue weighted by atomic mass is 79.9. The minimum absolute atomic E-state index is 0.658. The van der Waals surface area contributed by atoms with Gasteiger partial charge in [0, 0.05) is 10.2 Å². The molecule has 0 bridgehead atoms. The first kappa shape index (κ1) is 12.2. The number of halogens is 2. The molecular weight excluding hydrogens is 302 g/mol. The second kappa shape index (κ2) is 4.94. The predicted molar refractivity (Wildman–Crippen MR) is 75.8 cm³/mol. The molecule has 2 aromatic rings. The van der Waals surface area contributed by atoms with Gasteiger partial charge in [0.25, 0.3) is 0 Å². The summed E-state index contributed by atoms with van der Waals surface area (Å²) in [6, 6.07) is 7.49. The van der Waals surface area contributed by atoms with E-state index >= 15 is 0 Å². The van der Waals surface area contributed by atoms with Gasteiger partial charge >= 0.3 is 0 Å². The lowest BCUT2D eigenvalue weighted by atomic mass is 10.2. The number of nitrogen functional groups attached to an aromatic ring is 1. The van der Waals surface area contributed by atoms with E-state index in [1.54, 1.807) is 6.20 Å². The Kier molecular flexibility index (Phi) is 3.54. The summed E-state index contributed by atoms with van der Waals surface area (Å²) in [5.41, 5.74) is 8.22. The van der Waals surface area contributed by atoms with Gasteiger partial charge < -0.3 is 11.1 Å². The maximum atomic E-state index is 5.93. The highest BCUT2D eigenvalue weighted by molar-refractivity contribution is 9.10. The predicted octanol–water partition coefficient (Wildman–Crippen LogP) is 4.13. The molecule has 3 N–H and O–H groups in total. The van der Waals surface area contributed by atoms with Gasteiger partial charge in [-0.25, -0.2) is 4.98 Å². The molecule has 0 fully saturated rings. The van der Waals surface area contributed by atoms with Gasteiger partial charge in [0.1, 0.15) is 5.82 Å². The lowest BCUT2D eigenvalue weighted by Gasteiger charge is -2.09. The number of aryl methyl sites for hydroxylation is 1. The molecule has 0 spiro atoms. The maximum absolute atomic E-state index is 5.93. The Labute approximate surface area is 113 Å². The van der Waals surface area contributed by atoms with Crippen molar-refractivity contribution in [3.8, 4) is 0 Å². The molecule has 0 saturated heterocycles. The molecule has 88 valence electrons. The van der Waals surface area contributed by atoms with Crippen LogP contribution in [0.5, 0.6) is 0 Å². The number of rotatable bonds is 2. The number of nitrogens with two attached hydrogens (primary N) is 1. The Morgan fingerprint density at radius 2 is 2.12 bits per heavy atom. The number of aromatic nitrogens is 1. The van der Waals surface area contributed by atoms with Crippen LogP contribution in [0.15, 0.2) is 34.9 Å². The fourth-order valence-electron chi connectivity index (χ4n) is 1.44. The van der Waals surface area contributed by atoms with Crippen molar-refractivity contribution in [2.24, 2.45) is 0 Å². The maximum Gasteiger partial charge on any atom is 0.133 e. The van der Waals surface area contributed by atoms with E-state index in [2.05, 4.69) is 26.2 Å². The van der Waals surface area contributed by atoms with Crippen molar-refractivity contribution >= 4 is 44.7 Å². The Morgan fingerprint density at radius 1 is 1.35 bits per heavy atom. The van der Waals surface area contributed by atoms with Crippen molar-refractivity contribution < 1.29 is 0 Å². The van der Waals surface area contributed by atoms with Crippen molar-refractivity contribution in [2.75, 3.05) is 11.1 Å². The Morgan fingerprint density at radius 3 is 2.76 bits per heavy atom.